The molecule has 0 spiro atoms. The van der Waals surface area contributed by atoms with E-state index in [-0.39, 0.29) is 18.4 Å². The fourth-order valence-electron chi connectivity index (χ4n) is 2.41. The number of hydrogen-bond acceptors (Lipinski definition) is 4. The minimum Gasteiger partial charge on any atom is -0.383 e. The van der Waals surface area contributed by atoms with Crippen molar-refractivity contribution >= 4 is 22.6 Å². The van der Waals surface area contributed by atoms with Gasteiger partial charge in [0.05, 0.1) is 6.61 Å². The summed E-state index contributed by atoms with van der Waals surface area (Å²) in [5.41, 5.74) is 2.46. The van der Waals surface area contributed by atoms with E-state index in [4.69, 9.17) is 4.74 Å². The van der Waals surface area contributed by atoms with Crippen LogP contribution in [0.25, 0.3) is 0 Å². The van der Waals surface area contributed by atoms with Crippen molar-refractivity contribution in [1.29, 1.82) is 0 Å². The SMILES string of the molecule is COCCN(C)S(=O)(=O)NCC1NCCc2ccccc21.Cl. The maximum Gasteiger partial charge on any atom is 0.279 e. The normalized spacial score (nSPS) is 17.9. The number of methoxy groups -OCH3 is 1. The highest BCUT2D eigenvalue weighted by Gasteiger charge is 2.23. The highest BCUT2D eigenvalue weighted by Crippen LogP contribution is 2.22. The lowest BCUT2D eigenvalue weighted by molar-refractivity contribution is 0.184. The highest BCUT2D eigenvalue weighted by molar-refractivity contribution is 7.87. The van der Waals surface area contributed by atoms with E-state index in [1.165, 1.54) is 15.4 Å². The van der Waals surface area contributed by atoms with Crippen molar-refractivity contribution in [2.45, 2.75) is 12.5 Å². The molecular formula is C14H24ClN3O3S. The summed E-state index contributed by atoms with van der Waals surface area (Å²) in [4.78, 5) is 0. The van der Waals surface area contributed by atoms with E-state index in [2.05, 4.69) is 22.2 Å². The first kappa shape index (κ1) is 19.3. The van der Waals surface area contributed by atoms with Gasteiger partial charge in [0.1, 0.15) is 0 Å². The molecule has 1 atom stereocenters. The topological polar surface area (TPSA) is 70.7 Å². The monoisotopic (exact) mass is 349 g/mol. The third-order valence-electron chi connectivity index (χ3n) is 3.71. The number of nitrogens with one attached hydrogen (secondary N) is 2. The smallest absolute Gasteiger partial charge is 0.279 e. The molecule has 1 aromatic rings. The fraction of sp³-hybridized carbons (Fsp3) is 0.571. The zero-order chi connectivity index (χ0) is 15.3. The van der Waals surface area contributed by atoms with Crippen LogP contribution < -0.4 is 10.0 Å². The van der Waals surface area contributed by atoms with Crippen LogP contribution in [0.2, 0.25) is 0 Å². The number of fused-ring (bicyclic) bond motifs is 1. The van der Waals surface area contributed by atoms with Crippen molar-refractivity contribution in [2.24, 2.45) is 0 Å². The lowest BCUT2D eigenvalue weighted by atomic mass is 9.95. The van der Waals surface area contributed by atoms with E-state index in [0.717, 1.165) is 13.0 Å². The molecule has 2 rings (SSSR count). The maximum absolute atomic E-state index is 12.1. The molecule has 0 aromatic heterocycles. The van der Waals surface area contributed by atoms with E-state index < -0.39 is 10.2 Å². The zero-order valence-electron chi connectivity index (χ0n) is 12.9. The Kier molecular flexibility index (Phi) is 7.75. The van der Waals surface area contributed by atoms with E-state index in [1.54, 1.807) is 14.2 Å². The predicted octanol–water partition coefficient (Wildman–Crippen LogP) is 0.708. The third-order valence-corrected chi connectivity index (χ3v) is 5.24. The second-order valence-electron chi connectivity index (χ2n) is 5.12. The van der Waals surface area contributed by atoms with Crippen LogP contribution in [0.15, 0.2) is 24.3 Å². The molecule has 8 heteroatoms. The van der Waals surface area contributed by atoms with Gasteiger partial charge in [-0.15, -0.1) is 12.4 Å². The third kappa shape index (κ3) is 4.91. The molecule has 0 bridgehead atoms. The van der Waals surface area contributed by atoms with Gasteiger partial charge < -0.3 is 10.1 Å². The van der Waals surface area contributed by atoms with Gasteiger partial charge in [-0.25, -0.2) is 4.72 Å². The molecule has 0 fully saturated rings. The van der Waals surface area contributed by atoms with Gasteiger partial charge >= 0.3 is 0 Å². The first-order valence-corrected chi connectivity index (χ1v) is 8.49. The summed E-state index contributed by atoms with van der Waals surface area (Å²) in [6.45, 7) is 1.92. The van der Waals surface area contributed by atoms with E-state index in [9.17, 15) is 8.42 Å². The number of ether oxygens (including phenoxy) is 1. The van der Waals surface area contributed by atoms with Crippen molar-refractivity contribution < 1.29 is 13.2 Å². The molecule has 0 aliphatic carbocycles. The van der Waals surface area contributed by atoms with Crippen LogP contribution in [0, 0.1) is 0 Å². The molecule has 2 N–H and O–H groups in total. The Balaban J connectivity index is 0.00000242. The van der Waals surface area contributed by atoms with Gasteiger partial charge in [-0.3, -0.25) is 0 Å². The lowest BCUT2D eigenvalue weighted by Gasteiger charge is -2.28. The second kappa shape index (κ2) is 8.81. The number of halogens is 1. The van der Waals surface area contributed by atoms with Crippen LogP contribution in [0.4, 0.5) is 0 Å². The molecule has 1 unspecified atom stereocenters. The lowest BCUT2D eigenvalue weighted by Crippen LogP contribution is -2.44. The molecule has 0 radical (unpaired) electrons. The summed E-state index contributed by atoms with van der Waals surface area (Å²) in [5.74, 6) is 0. The molecule has 1 aliphatic heterocycles. The van der Waals surface area contributed by atoms with Crippen molar-refractivity contribution in [3.8, 4) is 0 Å². The summed E-state index contributed by atoms with van der Waals surface area (Å²) >= 11 is 0. The Morgan fingerprint density at radius 3 is 2.86 bits per heavy atom. The number of benzene rings is 1. The van der Waals surface area contributed by atoms with Crippen LogP contribution in [-0.2, 0) is 21.4 Å². The van der Waals surface area contributed by atoms with Crippen LogP contribution in [0.1, 0.15) is 17.2 Å². The quantitative estimate of drug-likeness (QED) is 0.760. The number of hydrogen-bond donors (Lipinski definition) is 2. The van der Waals surface area contributed by atoms with E-state index >= 15 is 0 Å². The molecule has 1 aromatic carbocycles. The van der Waals surface area contributed by atoms with Gasteiger partial charge in [-0.2, -0.15) is 12.7 Å². The average molecular weight is 350 g/mol. The molecule has 0 amide bonds. The second-order valence-corrected chi connectivity index (χ2v) is 6.99. The summed E-state index contributed by atoms with van der Waals surface area (Å²) in [6.07, 6.45) is 0.979. The number of rotatable bonds is 7. The summed E-state index contributed by atoms with van der Waals surface area (Å²) in [6, 6.07) is 8.17. The summed E-state index contributed by atoms with van der Waals surface area (Å²) in [7, 11) is -0.374. The number of likely N-dealkylation sites (N-methyl/N-ethyl adjacent to an activating group) is 1. The Bertz CT molecular complexity index is 568. The van der Waals surface area contributed by atoms with Crippen LogP contribution in [0.5, 0.6) is 0 Å². The van der Waals surface area contributed by atoms with Crippen molar-refractivity contribution in [3.63, 3.8) is 0 Å². The van der Waals surface area contributed by atoms with Crippen LogP contribution in [-0.4, -0.2) is 53.1 Å². The number of nitrogens with zero attached hydrogens (tertiary/aromatic N) is 1. The Labute approximate surface area is 138 Å². The van der Waals surface area contributed by atoms with Crippen molar-refractivity contribution in [3.05, 3.63) is 35.4 Å². The molecule has 1 heterocycles. The molecule has 0 saturated heterocycles. The van der Waals surface area contributed by atoms with Crippen LogP contribution in [0.3, 0.4) is 0 Å². The standard InChI is InChI=1S/C14H23N3O3S.ClH/c1-17(9-10-20-2)21(18,19)16-11-14-13-6-4-3-5-12(13)7-8-15-14;/h3-6,14-16H,7-11H2,1-2H3;1H. The minimum atomic E-state index is -3.47. The Hall–Kier alpha value is -0.700. The van der Waals surface area contributed by atoms with Crippen LogP contribution >= 0.6 is 12.4 Å². The molecule has 126 valence electrons. The van der Waals surface area contributed by atoms with Gasteiger partial charge in [-0.1, -0.05) is 24.3 Å². The van der Waals surface area contributed by atoms with E-state index in [0.29, 0.717) is 19.7 Å². The van der Waals surface area contributed by atoms with Gasteiger partial charge in [0.15, 0.2) is 0 Å². The maximum atomic E-state index is 12.1. The first-order valence-electron chi connectivity index (χ1n) is 7.05. The average Bonchev–Trinajstić information content (AvgIpc) is 2.50. The molecule has 6 nitrogen and oxygen atoms in total. The molecule has 0 saturated carbocycles. The Morgan fingerprint density at radius 2 is 2.14 bits per heavy atom. The summed E-state index contributed by atoms with van der Waals surface area (Å²) in [5, 5.41) is 3.36. The first-order chi connectivity index (χ1) is 10.0. The molecule has 1 aliphatic rings. The summed E-state index contributed by atoms with van der Waals surface area (Å²) < 4.78 is 33.1. The zero-order valence-corrected chi connectivity index (χ0v) is 14.5. The fourth-order valence-corrected chi connectivity index (χ4v) is 3.33. The van der Waals surface area contributed by atoms with Gasteiger partial charge in [0, 0.05) is 33.3 Å². The largest absolute Gasteiger partial charge is 0.383 e. The van der Waals surface area contributed by atoms with Gasteiger partial charge in [-0.05, 0) is 24.1 Å². The van der Waals surface area contributed by atoms with Gasteiger partial charge in [0.2, 0.25) is 0 Å². The highest BCUT2D eigenvalue weighted by atomic mass is 35.5. The van der Waals surface area contributed by atoms with E-state index in [1.807, 2.05) is 12.1 Å². The predicted molar refractivity (Wildman–Crippen MR) is 89.6 cm³/mol. The van der Waals surface area contributed by atoms with Crippen molar-refractivity contribution in [1.82, 2.24) is 14.3 Å². The Morgan fingerprint density at radius 1 is 1.41 bits per heavy atom. The minimum absolute atomic E-state index is 0. The molecule has 22 heavy (non-hydrogen) atoms. The van der Waals surface area contributed by atoms with Gasteiger partial charge in [0.25, 0.3) is 10.2 Å². The van der Waals surface area contributed by atoms with Crippen molar-refractivity contribution in [2.75, 3.05) is 40.4 Å². The molecular weight excluding hydrogens is 326 g/mol.